The second-order valence-corrected chi connectivity index (χ2v) is 5.99. The van der Waals surface area contributed by atoms with Gasteiger partial charge in [-0.15, -0.1) is 0 Å². The van der Waals surface area contributed by atoms with Gasteiger partial charge in [0.2, 0.25) is 0 Å². The van der Waals surface area contributed by atoms with Gasteiger partial charge in [-0.05, 0) is 58.2 Å². The van der Waals surface area contributed by atoms with Crippen LogP contribution in [0.1, 0.15) is 57.2 Å². The van der Waals surface area contributed by atoms with Gasteiger partial charge in [0.1, 0.15) is 0 Å². The molecule has 0 aliphatic rings. The van der Waals surface area contributed by atoms with E-state index in [9.17, 15) is 0 Å². The molecule has 1 unspecified atom stereocenters. The van der Waals surface area contributed by atoms with E-state index in [1.807, 2.05) is 13.8 Å². The number of benzene rings is 1. The molecule has 0 amide bonds. The fourth-order valence-electron chi connectivity index (χ4n) is 2.25. The molecule has 0 saturated heterocycles. The molecule has 0 radical (unpaired) electrons. The minimum atomic E-state index is -0.179. The summed E-state index contributed by atoms with van der Waals surface area (Å²) in [6.45, 7) is 9.40. The fraction of sp³-hybridized carbons (Fsp3) is 0.588. The van der Waals surface area contributed by atoms with Crippen LogP contribution in [-0.2, 0) is 0 Å². The first kappa shape index (κ1) is 15.7. The van der Waals surface area contributed by atoms with Crippen molar-refractivity contribution in [1.82, 2.24) is 5.32 Å². The quantitative estimate of drug-likeness (QED) is 0.737. The standard InChI is InChI=1S/C17H26N2/c1-14-9-5-6-10-16(14)15(2)19-12-8-7-11-17(3,4)13-18/h5-6,9-10,15,19H,7-8,11-12H2,1-4H3. The Morgan fingerprint density at radius 2 is 1.95 bits per heavy atom. The Labute approximate surface area is 117 Å². The third-order valence-electron chi connectivity index (χ3n) is 3.64. The Balaban J connectivity index is 2.27. The predicted molar refractivity (Wildman–Crippen MR) is 80.8 cm³/mol. The van der Waals surface area contributed by atoms with E-state index >= 15 is 0 Å². The molecule has 0 fully saturated rings. The van der Waals surface area contributed by atoms with Gasteiger partial charge in [-0.1, -0.05) is 30.7 Å². The molecule has 1 N–H and O–H groups in total. The van der Waals surface area contributed by atoms with Crippen LogP contribution in [0, 0.1) is 23.7 Å². The van der Waals surface area contributed by atoms with Crippen molar-refractivity contribution in [2.45, 2.75) is 53.0 Å². The van der Waals surface area contributed by atoms with Gasteiger partial charge in [0.25, 0.3) is 0 Å². The van der Waals surface area contributed by atoms with Crippen molar-refractivity contribution >= 4 is 0 Å². The van der Waals surface area contributed by atoms with E-state index in [0.29, 0.717) is 6.04 Å². The van der Waals surface area contributed by atoms with E-state index in [1.54, 1.807) is 0 Å². The zero-order valence-electron chi connectivity index (χ0n) is 12.7. The van der Waals surface area contributed by atoms with Crippen LogP contribution in [0.4, 0.5) is 0 Å². The second-order valence-electron chi connectivity index (χ2n) is 5.99. The van der Waals surface area contributed by atoms with E-state index in [2.05, 4.69) is 49.5 Å². The Morgan fingerprint density at radius 3 is 2.58 bits per heavy atom. The minimum absolute atomic E-state index is 0.179. The number of hydrogen-bond acceptors (Lipinski definition) is 2. The lowest BCUT2D eigenvalue weighted by Crippen LogP contribution is -2.21. The zero-order chi connectivity index (χ0) is 14.3. The van der Waals surface area contributed by atoms with Crippen molar-refractivity contribution in [3.8, 4) is 6.07 Å². The van der Waals surface area contributed by atoms with Crippen LogP contribution in [0.15, 0.2) is 24.3 Å². The molecular formula is C17H26N2. The minimum Gasteiger partial charge on any atom is -0.310 e. The van der Waals surface area contributed by atoms with Gasteiger partial charge in [-0.25, -0.2) is 0 Å². The second kappa shape index (κ2) is 7.31. The highest BCUT2D eigenvalue weighted by atomic mass is 14.9. The van der Waals surface area contributed by atoms with Crippen molar-refractivity contribution in [3.05, 3.63) is 35.4 Å². The van der Waals surface area contributed by atoms with E-state index in [-0.39, 0.29) is 5.41 Å². The average molecular weight is 258 g/mol. The molecule has 19 heavy (non-hydrogen) atoms. The molecule has 1 aromatic rings. The predicted octanol–water partition coefficient (Wildman–Crippen LogP) is 4.37. The molecular weight excluding hydrogens is 232 g/mol. The maximum absolute atomic E-state index is 8.95. The van der Waals surface area contributed by atoms with Crippen LogP contribution < -0.4 is 5.32 Å². The first-order valence-electron chi connectivity index (χ1n) is 7.16. The number of aryl methyl sites for hydroxylation is 1. The van der Waals surface area contributed by atoms with E-state index in [0.717, 1.165) is 25.8 Å². The third-order valence-corrected chi connectivity index (χ3v) is 3.64. The molecule has 1 rings (SSSR count). The molecule has 0 heterocycles. The van der Waals surface area contributed by atoms with E-state index < -0.39 is 0 Å². The Hall–Kier alpha value is -1.33. The molecule has 0 saturated carbocycles. The molecule has 104 valence electrons. The number of hydrogen-bond donors (Lipinski definition) is 1. The van der Waals surface area contributed by atoms with E-state index in [4.69, 9.17) is 5.26 Å². The van der Waals surface area contributed by atoms with Gasteiger partial charge in [0.15, 0.2) is 0 Å². The number of nitrogens with zero attached hydrogens (tertiary/aromatic N) is 1. The Morgan fingerprint density at radius 1 is 1.26 bits per heavy atom. The molecule has 0 aliphatic carbocycles. The molecule has 0 aromatic heterocycles. The first-order chi connectivity index (χ1) is 8.96. The summed E-state index contributed by atoms with van der Waals surface area (Å²) in [6.07, 6.45) is 3.21. The Kier molecular flexibility index (Phi) is 6.05. The van der Waals surface area contributed by atoms with Crippen molar-refractivity contribution in [3.63, 3.8) is 0 Å². The summed E-state index contributed by atoms with van der Waals surface area (Å²) in [5, 5.41) is 12.5. The van der Waals surface area contributed by atoms with Crippen molar-refractivity contribution in [2.24, 2.45) is 5.41 Å². The maximum Gasteiger partial charge on any atom is 0.0683 e. The van der Waals surface area contributed by atoms with Gasteiger partial charge in [-0.3, -0.25) is 0 Å². The normalized spacial score (nSPS) is 13.0. The highest BCUT2D eigenvalue weighted by Crippen LogP contribution is 2.21. The summed E-state index contributed by atoms with van der Waals surface area (Å²) in [5.74, 6) is 0. The lowest BCUT2D eigenvalue weighted by atomic mass is 9.89. The monoisotopic (exact) mass is 258 g/mol. The van der Waals surface area contributed by atoms with Crippen LogP contribution in [-0.4, -0.2) is 6.54 Å². The van der Waals surface area contributed by atoms with Crippen LogP contribution in [0.3, 0.4) is 0 Å². The van der Waals surface area contributed by atoms with Crippen molar-refractivity contribution in [2.75, 3.05) is 6.54 Å². The highest BCUT2D eigenvalue weighted by Gasteiger charge is 2.15. The smallest absolute Gasteiger partial charge is 0.0683 e. The summed E-state index contributed by atoms with van der Waals surface area (Å²) >= 11 is 0. The van der Waals surface area contributed by atoms with Crippen LogP contribution >= 0.6 is 0 Å². The summed E-state index contributed by atoms with van der Waals surface area (Å²) in [6, 6.07) is 11.3. The largest absolute Gasteiger partial charge is 0.310 e. The zero-order valence-corrected chi connectivity index (χ0v) is 12.7. The third kappa shape index (κ3) is 5.44. The number of rotatable bonds is 7. The van der Waals surface area contributed by atoms with Gasteiger partial charge >= 0.3 is 0 Å². The molecule has 1 atom stereocenters. The van der Waals surface area contributed by atoms with Gasteiger partial charge in [0.05, 0.1) is 11.5 Å². The van der Waals surface area contributed by atoms with Gasteiger partial charge < -0.3 is 5.32 Å². The SMILES string of the molecule is Cc1ccccc1C(C)NCCCCC(C)(C)C#N. The first-order valence-corrected chi connectivity index (χ1v) is 7.16. The maximum atomic E-state index is 8.95. The van der Waals surface area contributed by atoms with Crippen LogP contribution in [0.25, 0.3) is 0 Å². The molecule has 0 bridgehead atoms. The molecule has 2 nitrogen and oxygen atoms in total. The van der Waals surface area contributed by atoms with Crippen molar-refractivity contribution in [1.29, 1.82) is 5.26 Å². The molecule has 1 aromatic carbocycles. The lowest BCUT2D eigenvalue weighted by molar-refractivity contribution is 0.417. The molecule has 0 aliphatic heterocycles. The summed E-state index contributed by atoms with van der Waals surface area (Å²) in [4.78, 5) is 0. The van der Waals surface area contributed by atoms with Crippen molar-refractivity contribution < 1.29 is 0 Å². The summed E-state index contributed by atoms with van der Waals surface area (Å²) < 4.78 is 0. The number of nitrogens with one attached hydrogen (secondary N) is 1. The Bertz CT molecular complexity index is 429. The van der Waals surface area contributed by atoms with Gasteiger partial charge in [0, 0.05) is 6.04 Å². The highest BCUT2D eigenvalue weighted by molar-refractivity contribution is 5.28. The average Bonchev–Trinajstić information content (AvgIpc) is 2.38. The van der Waals surface area contributed by atoms with Crippen LogP contribution in [0.5, 0.6) is 0 Å². The fourth-order valence-corrected chi connectivity index (χ4v) is 2.25. The van der Waals surface area contributed by atoms with Gasteiger partial charge in [-0.2, -0.15) is 5.26 Å². The topological polar surface area (TPSA) is 35.8 Å². The summed E-state index contributed by atoms with van der Waals surface area (Å²) in [5.41, 5.74) is 2.54. The molecule has 0 spiro atoms. The van der Waals surface area contributed by atoms with E-state index in [1.165, 1.54) is 11.1 Å². The number of unbranched alkanes of at least 4 members (excludes halogenated alkanes) is 1. The molecule has 2 heteroatoms. The summed E-state index contributed by atoms with van der Waals surface area (Å²) in [7, 11) is 0. The lowest BCUT2D eigenvalue weighted by Gasteiger charge is -2.18. The number of nitriles is 1. The van der Waals surface area contributed by atoms with Crippen LogP contribution in [0.2, 0.25) is 0 Å².